The van der Waals surface area contributed by atoms with E-state index < -0.39 is 9.73 Å². The lowest BCUT2D eigenvalue weighted by molar-refractivity contribution is 0.250. The summed E-state index contributed by atoms with van der Waals surface area (Å²) in [7, 11) is -2.07. The Labute approximate surface area is 55.6 Å². The van der Waals surface area contributed by atoms with Gasteiger partial charge in [-0.1, -0.05) is 0 Å². The average molecular weight is 144 g/mol. The number of rotatable bonds is 0. The zero-order valence-corrected chi connectivity index (χ0v) is 6.04. The molecule has 0 atom stereocenters. The molecule has 0 amide bonds. The van der Waals surface area contributed by atoms with Crippen LogP contribution in [0.15, 0.2) is 0 Å². The molecule has 1 saturated carbocycles. The molecule has 9 heavy (non-hydrogen) atoms. The maximum absolute atomic E-state index is 10.9. The first-order valence-corrected chi connectivity index (χ1v) is 5.08. The SMILES string of the molecule is N=S1(=O)CC2(C[CH]C2)C1. The van der Waals surface area contributed by atoms with Gasteiger partial charge in [-0.2, -0.15) is 0 Å². The number of nitrogens with one attached hydrogen (secondary N) is 1. The van der Waals surface area contributed by atoms with E-state index in [1.165, 1.54) is 0 Å². The van der Waals surface area contributed by atoms with Crippen LogP contribution in [-0.4, -0.2) is 15.7 Å². The molecule has 1 aliphatic heterocycles. The summed E-state index contributed by atoms with van der Waals surface area (Å²) in [6, 6.07) is 0. The molecular formula is C6H10NOS. The van der Waals surface area contributed by atoms with Crippen LogP contribution in [0.25, 0.3) is 0 Å². The van der Waals surface area contributed by atoms with Gasteiger partial charge in [-0.05, 0) is 24.7 Å². The molecular weight excluding hydrogens is 134 g/mol. The van der Waals surface area contributed by atoms with Crippen LogP contribution in [0.1, 0.15) is 12.8 Å². The molecule has 1 spiro atoms. The molecule has 2 aliphatic rings. The van der Waals surface area contributed by atoms with Crippen molar-refractivity contribution in [3.05, 3.63) is 6.42 Å². The van der Waals surface area contributed by atoms with E-state index in [0.717, 1.165) is 12.8 Å². The van der Waals surface area contributed by atoms with Gasteiger partial charge >= 0.3 is 0 Å². The van der Waals surface area contributed by atoms with Crippen molar-refractivity contribution in [1.29, 1.82) is 4.78 Å². The Kier molecular flexibility index (Phi) is 0.849. The summed E-state index contributed by atoms with van der Waals surface area (Å²) in [5.41, 5.74) is 0.360. The van der Waals surface area contributed by atoms with Crippen LogP contribution in [0.2, 0.25) is 0 Å². The molecule has 51 valence electrons. The van der Waals surface area contributed by atoms with Gasteiger partial charge in [-0.3, -0.25) is 4.78 Å². The monoisotopic (exact) mass is 144 g/mol. The summed E-state index contributed by atoms with van der Waals surface area (Å²) in [6.07, 6.45) is 4.44. The van der Waals surface area contributed by atoms with E-state index in [0.29, 0.717) is 16.9 Å². The van der Waals surface area contributed by atoms with Gasteiger partial charge in [0.2, 0.25) is 0 Å². The summed E-state index contributed by atoms with van der Waals surface area (Å²) in [6.45, 7) is 0. The van der Waals surface area contributed by atoms with Crippen molar-refractivity contribution in [2.75, 3.05) is 11.5 Å². The third-order valence-electron chi connectivity index (χ3n) is 2.23. The van der Waals surface area contributed by atoms with E-state index in [9.17, 15) is 4.21 Å². The molecule has 2 nitrogen and oxygen atoms in total. The summed E-state index contributed by atoms with van der Waals surface area (Å²) in [4.78, 5) is 0. The highest BCUT2D eigenvalue weighted by atomic mass is 32.2. The minimum absolute atomic E-state index is 0.360. The molecule has 0 unspecified atom stereocenters. The third-order valence-corrected chi connectivity index (χ3v) is 4.39. The molecule has 0 aromatic rings. The van der Waals surface area contributed by atoms with Crippen LogP contribution in [0.4, 0.5) is 0 Å². The van der Waals surface area contributed by atoms with Crippen LogP contribution in [0, 0.1) is 16.6 Å². The first-order chi connectivity index (χ1) is 4.12. The fourth-order valence-electron chi connectivity index (χ4n) is 1.74. The summed E-state index contributed by atoms with van der Waals surface area (Å²) in [5, 5.41) is 0. The van der Waals surface area contributed by atoms with E-state index in [2.05, 4.69) is 6.42 Å². The Morgan fingerprint density at radius 2 is 2.00 bits per heavy atom. The first-order valence-electron chi connectivity index (χ1n) is 3.18. The van der Waals surface area contributed by atoms with Crippen LogP contribution in [0.3, 0.4) is 0 Å². The van der Waals surface area contributed by atoms with Crippen molar-refractivity contribution in [2.45, 2.75) is 12.8 Å². The molecule has 1 heterocycles. The molecule has 0 aromatic heterocycles. The molecule has 1 radical (unpaired) electrons. The highest BCUT2D eigenvalue weighted by molar-refractivity contribution is 7.93. The Morgan fingerprint density at radius 3 is 2.11 bits per heavy atom. The summed E-state index contributed by atoms with van der Waals surface area (Å²) >= 11 is 0. The van der Waals surface area contributed by atoms with E-state index in [-0.39, 0.29) is 0 Å². The first kappa shape index (κ1) is 5.71. The van der Waals surface area contributed by atoms with E-state index >= 15 is 0 Å². The lowest BCUT2D eigenvalue weighted by Crippen LogP contribution is -2.52. The van der Waals surface area contributed by atoms with Crippen molar-refractivity contribution in [2.24, 2.45) is 5.41 Å². The molecule has 2 rings (SSSR count). The maximum atomic E-state index is 10.9. The molecule has 3 heteroatoms. The van der Waals surface area contributed by atoms with Gasteiger partial charge in [-0.15, -0.1) is 0 Å². The van der Waals surface area contributed by atoms with Gasteiger partial charge in [0.15, 0.2) is 0 Å². The minimum Gasteiger partial charge on any atom is -0.253 e. The van der Waals surface area contributed by atoms with Crippen LogP contribution in [-0.2, 0) is 9.73 Å². The van der Waals surface area contributed by atoms with Gasteiger partial charge in [0.05, 0.1) is 0 Å². The van der Waals surface area contributed by atoms with Gasteiger partial charge in [0.25, 0.3) is 0 Å². The van der Waals surface area contributed by atoms with Crippen molar-refractivity contribution in [3.63, 3.8) is 0 Å². The van der Waals surface area contributed by atoms with Crippen LogP contribution < -0.4 is 0 Å². The molecule has 1 saturated heterocycles. The van der Waals surface area contributed by atoms with Gasteiger partial charge < -0.3 is 0 Å². The topological polar surface area (TPSA) is 40.9 Å². The Balaban J connectivity index is 2.12. The lowest BCUT2D eigenvalue weighted by atomic mass is 9.71. The average Bonchev–Trinajstić information content (AvgIpc) is 1.54. The second-order valence-corrected chi connectivity index (χ2v) is 5.50. The predicted molar refractivity (Wildman–Crippen MR) is 36.6 cm³/mol. The number of hydrogen-bond donors (Lipinski definition) is 1. The zero-order chi connectivity index (χ0) is 6.54. The fourth-order valence-corrected chi connectivity index (χ4v) is 4.10. The van der Waals surface area contributed by atoms with E-state index in [4.69, 9.17) is 4.78 Å². The highest BCUT2D eigenvalue weighted by Crippen LogP contribution is 2.49. The zero-order valence-electron chi connectivity index (χ0n) is 5.22. The standard InChI is InChI=1S/C6H10NOS/c7-9(8)4-6(5-9)2-1-3-6/h1,7H,2-5H2. The third kappa shape index (κ3) is 0.707. The molecule has 1 aliphatic carbocycles. The normalized spacial score (nSPS) is 35.1. The van der Waals surface area contributed by atoms with Gasteiger partial charge in [0, 0.05) is 21.2 Å². The Morgan fingerprint density at radius 1 is 1.44 bits per heavy atom. The lowest BCUT2D eigenvalue weighted by Gasteiger charge is -2.49. The van der Waals surface area contributed by atoms with Crippen molar-refractivity contribution in [1.82, 2.24) is 0 Å². The fraction of sp³-hybridized carbons (Fsp3) is 0.833. The Bertz CT molecular complexity index is 211. The molecule has 1 N–H and O–H groups in total. The van der Waals surface area contributed by atoms with Crippen molar-refractivity contribution in [3.8, 4) is 0 Å². The van der Waals surface area contributed by atoms with E-state index in [1.54, 1.807) is 0 Å². The Hall–Kier alpha value is -0.0500. The minimum atomic E-state index is -2.07. The van der Waals surface area contributed by atoms with Gasteiger partial charge in [-0.25, -0.2) is 4.21 Å². The summed E-state index contributed by atoms with van der Waals surface area (Å²) < 4.78 is 18.1. The van der Waals surface area contributed by atoms with E-state index in [1.807, 2.05) is 0 Å². The molecule has 0 aromatic carbocycles. The second kappa shape index (κ2) is 1.34. The molecule has 2 fully saturated rings. The largest absolute Gasteiger partial charge is 0.253 e. The van der Waals surface area contributed by atoms with Crippen molar-refractivity contribution < 1.29 is 4.21 Å². The van der Waals surface area contributed by atoms with Crippen LogP contribution in [0.5, 0.6) is 0 Å². The van der Waals surface area contributed by atoms with Crippen molar-refractivity contribution >= 4 is 9.73 Å². The van der Waals surface area contributed by atoms with Crippen LogP contribution >= 0.6 is 0 Å². The quantitative estimate of drug-likeness (QED) is 0.542. The second-order valence-electron chi connectivity index (χ2n) is 3.30. The predicted octanol–water partition coefficient (Wildman–Crippen LogP) is 1.03. The smallest absolute Gasteiger partial charge is 0.0453 e. The van der Waals surface area contributed by atoms with Gasteiger partial charge in [0.1, 0.15) is 0 Å². The maximum Gasteiger partial charge on any atom is 0.0453 e. The number of hydrogen-bond acceptors (Lipinski definition) is 2. The highest BCUT2D eigenvalue weighted by Gasteiger charge is 2.49. The summed E-state index contributed by atoms with van der Waals surface area (Å²) in [5.74, 6) is 1.35. The molecule has 0 bridgehead atoms.